The first kappa shape index (κ1) is 16.2. The summed E-state index contributed by atoms with van der Waals surface area (Å²) in [4.78, 5) is 11.7. The third-order valence-corrected chi connectivity index (χ3v) is 2.31. The Labute approximate surface area is 105 Å². The lowest BCUT2D eigenvalue weighted by atomic mass is 10.0. The number of carbonyl (C=O) groups excluding carboxylic acids is 1. The molecule has 0 spiro atoms. The maximum absolute atomic E-state index is 11.7. The van der Waals surface area contributed by atoms with Crippen molar-refractivity contribution in [2.75, 3.05) is 19.8 Å². The number of hydrogen-bond acceptors (Lipinski definition) is 3. The van der Waals surface area contributed by atoms with Crippen LogP contribution in [0.25, 0.3) is 0 Å². The van der Waals surface area contributed by atoms with E-state index in [-0.39, 0.29) is 24.0 Å². The molecule has 0 aliphatic rings. The molecule has 4 nitrogen and oxygen atoms in total. The van der Waals surface area contributed by atoms with Gasteiger partial charge in [0.05, 0.1) is 17.5 Å². The maximum atomic E-state index is 11.7. The predicted molar refractivity (Wildman–Crippen MR) is 65.0 cm³/mol. The fourth-order valence-electron chi connectivity index (χ4n) is 1.23. The van der Waals surface area contributed by atoms with Crippen LogP contribution >= 0.6 is 12.2 Å². The summed E-state index contributed by atoms with van der Waals surface area (Å²) in [7, 11) is 0. The number of halogens is 2. The van der Waals surface area contributed by atoms with E-state index in [2.05, 4.69) is 10.1 Å². The van der Waals surface area contributed by atoms with E-state index in [1.54, 1.807) is 0 Å². The number of nitrogens with two attached hydrogens (primary N) is 1. The molecule has 0 radical (unpaired) electrons. The molecule has 0 aliphatic carbocycles. The van der Waals surface area contributed by atoms with Crippen LogP contribution in [0.4, 0.5) is 8.78 Å². The van der Waals surface area contributed by atoms with Crippen LogP contribution < -0.4 is 11.1 Å². The Morgan fingerprint density at radius 3 is 2.65 bits per heavy atom. The van der Waals surface area contributed by atoms with Gasteiger partial charge < -0.3 is 15.8 Å². The summed E-state index contributed by atoms with van der Waals surface area (Å²) in [6.07, 6.45) is -1.12. The molecule has 1 atom stereocenters. The summed E-state index contributed by atoms with van der Waals surface area (Å²) in [5.41, 5.74) is 5.43. The van der Waals surface area contributed by atoms with E-state index < -0.39 is 19.0 Å². The Morgan fingerprint density at radius 2 is 2.18 bits per heavy atom. The fraction of sp³-hybridized carbons (Fsp3) is 0.800. The first-order valence-electron chi connectivity index (χ1n) is 5.42. The minimum absolute atomic E-state index is 0.0479. The van der Waals surface area contributed by atoms with Crippen LogP contribution in [0, 0.1) is 5.92 Å². The molecule has 0 aromatic heterocycles. The zero-order chi connectivity index (χ0) is 13.3. The largest absolute Gasteiger partial charge is 0.393 e. The number of amides is 1. The summed E-state index contributed by atoms with van der Waals surface area (Å²) in [5, 5.41) is 2.55. The molecule has 0 aliphatic heterocycles. The normalized spacial score (nSPS) is 12.5. The molecule has 0 aromatic rings. The van der Waals surface area contributed by atoms with Gasteiger partial charge in [0.1, 0.15) is 6.61 Å². The SMILES string of the molecule is CCCC(C(=O)NCCOCC(F)F)C(N)=S. The van der Waals surface area contributed by atoms with E-state index in [0.29, 0.717) is 6.42 Å². The number of carbonyl (C=O) groups is 1. The summed E-state index contributed by atoms with van der Waals surface area (Å²) in [6, 6.07) is 0. The first-order chi connectivity index (χ1) is 7.99. The minimum atomic E-state index is -2.49. The van der Waals surface area contributed by atoms with Crippen LogP contribution in [0.3, 0.4) is 0 Å². The molecule has 0 rings (SSSR count). The lowest BCUT2D eigenvalue weighted by molar-refractivity contribution is -0.123. The van der Waals surface area contributed by atoms with Crippen LogP contribution in [-0.2, 0) is 9.53 Å². The van der Waals surface area contributed by atoms with Crippen LogP contribution in [-0.4, -0.2) is 37.1 Å². The average Bonchev–Trinajstić information content (AvgIpc) is 2.24. The van der Waals surface area contributed by atoms with Gasteiger partial charge in [-0.25, -0.2) is 8.78 Å². The molecule has 0 bridgehead atoms. The van der Waals surface area contributed by atoms with Gasteiger partial charge in [-0.15, -0.1) is 0 Å². The molecule has 100 valence electrons. The third kappa shape index (κ3) is 7.98. The number of hydrogen-bond donors (Lipinski definition) is 2. The Morgan fingerprint density at radius 1 is 1.53 bits per heavy atom. The van der Waals surface area contributed by atoms with Crippen molar-refractivity contribution in [3.63, 3.8) is 0 Å². The molecule has 0 saturated heterocycles. The van der Waals surface area contributed by atoms with E-state index in [9.17, 15) is 13.6 Å². The molecule has 0 heterocycles. The Bertz CT molecular complexity index is 252. The third-order valence-electron chi connectivity index (χ3n) is 2.03. The van der Waals surface area contributed by atoms with Crippen molar-refractivity contribution in [3.05, 3.63) is 0 Å². The van der Waals surface area contributed by atoms with E-state index in [4.69, 9.17) is 18.0 Å². The average molecular weight is 268 g/mol. The van der Waals surface area contributed by atoms with Crippen molar-refractivity contribution in [1.82, 2.24) is 5.32 Å². The first-order valence-corrected chi connectivity index (χ1v) is 5.82. The van der Waals surface area contributed by atoms with Gasteiger partial charge in [0.2, 0.25) is 5.91 Å². The molecular weight excluding hydrogens is 250 g/mol. The fourth-order valence-corrected chi connectivity index (χ4v) is 1.46. The van der Waals surface area contributed by atoms with E-state index in [1.807, 2.05) is 6.92 Å². The molecule has 0 saturated carbocycles. The van der Waals surface area contributed by atoms with Gasteiger partial charge in [-0.1, -0.05) is 25.6 Å². The minimum Gasteiger partial charge on any atom is -0.393 e. The number of nitrogens with one attached hydrogen (secondary N) is 1. The van der Waals surface area contributed by atoms with Crippen molar-refractivity contribution in [2.45, 2.75) is 26.2 Å². The number of rotatable bonds is 9. The second-order valence-electron chi connectivity index (χ2n) is 3.50. The number of ether oxygens (including phenoxy) is 1. The van der Waals surface area contributed by atoms with Gasteiger partial charge >= 0.3 is 0 Å². The topological polar surface area (TPSA) is 64.3 Å². The van der Waals surface area contributed by atoms with Gasteiger partial charge in [0, 0.05) is 6.54 Å². The van der Waals surface area contributed by atoms with Crippen LogP contribution in [0.2, 0.25) is 0 Å². The highest BCUT2D eigenvalue weighted by molar-refractivity contribution is 7.80. The quantitative estimate of drug-likeness (QED) is 0.485. The van der Waals surface area contributed by atoms with Crippen LogP contribution in [0.1, 0.15) is 19.8 Å². The van der Waals surface area contributed by atoms with Gasteiger partial charge in [0.25, 0.3) is 6.43 Å². The van der Waals surface area contributed by atoms with Crippen molar-refractivity contribution in [3.8, 4) is 0 Å². The number of alkyl halides is 2. The molecule has 0 aromatic carbocycles. The lowest BCUT2D eigenvalue weighted by Crippen LogP contribution is -2.39. The van der Waals surface area contributed by atoms with Gasteiger partial charge in [-0.05, 0) is 6.42 Å². The zero-order valence-electron chi connectivity index (χ0n) is 9.75. The predicted octanol–water partition coefficient (Wildman–Crippen LogP) is 1.09. The summed E-state index contributed by atoms with van der Waals surface area (Å²) < 4.78 is 28.0. The van der Waals surface area contributed by atoms with Crippen LogP contribution in [0.15, 0.2) is 0 Å². The smallest absolute Gasteiger partial charge is 0.261 e. The Hall–Kier alpha value is -0.820. The second kappa shape index (κ2) is 9.23. The molecular formula is C10H18F2N2O2S. The molecule has 0 fully saturated rings. The molecule has 1 unspecified atom stereocenters. The van der Waals surface area contributed by atoms with Gasteiger partial charge in [0.15, 0.2) is 0 Å². The second-order valence-corrected chi connectivity index (χ2v) is 3.97. The van der Waals surface area contributed by atoms with Crippen molar-refractivity contribution >= 4 is 23.1 Å². The molecule has 17 heavy (non-hydrogen) atoms. The van der Waals surface area contributed by atoms with Gasteiger partial charge in [-0.2, -0.15) is 0 Å². The highest BCUT2D eigenvalue weighted by Gasteiger charge is 2.19. The maximum Gasteiger partial charge on any atom is 0.261 e. The lowest BCUT2D eigenvalue weighted by Gasteiger charge is -2.14. The van der Waals surface area contributed by atoms with Crippen molar-refractivity contribution in [1.29, 1.82) is 0 Å². The molecule has 7 heteroatoms. The summed E-state index contributed by atoms with van der Waals surface area (Å²) in [6.45, 7) is 1.52. The summed E-state index contributed by atoms with van der Waals surface area (Å²) >= 11 is 4.78. The Balaban J connectivity index is 3.79. The van der Waals surface area contributed by atoms with E-state index in [1.165, 1.54) is 0 Å². The summed E-state index contributed by atoms with van der Waals surface area (Å²) in [5.74, 6) is -0.773. The molecule has 1 amide bonds. The molecule has 3 N–H and O–H groups in total. The van der Waals surface area contributed by atoms with Crippen molar-refractivity contribution in [2.24, 2.45) is 11.7 Å². The van der Waals surface area contributed by atoms with E-state index in [0.717, 1.165) is 6.42 Å². The Kier molecular flexibility index (Phi) is 8.79. The highest BCUT2D eigenvalue weighted by Crippen LogP contribution is 2.06. The van der Waals surface area contributed by atoms with Crippen molar-refractivity contribution < 1.29 is 18.3 Å². The zero-order valence-corrected chi connectivity index (χ0v) is 10.6. The van der Waals surface area contributed by atoms with Crippen LogP contribution in [0.5, 0.6) is 0 Å². The standard InChI is InChI=1S/C10H18F2N2O2S/c1-2-3-7(9(13)17)10(15)14-4-5-16-6-8(11)12/h7-8H,2-6H2,1H3,(H2,13,17)(H,14,15). The number of thiocarbonyl (C=S) groups is 1. The van der Waals surface area contributed by atoms with Gasteiger partial charge in [-0.3, -0.25) is 4.79 Å². The monoisotopic (exact) mass is 268 g/mol. The van der Waals surface area contributed by atoms with E-state index >= 15 is 0 Å². The highest BCUT2D eigenvalue weighted by atomic mass is 32.1.